The number of carbonyl (C=O) groups excluding carboxylic acids is 2. The highest BCUT2D eigenvalue weighted by Gasteiger charge is 2.47. The van der Waals surface area contributed by atoms with E-state index in [4.69, 9.17) is 9.47 Å². The van der Waals surface area contributed by atoms with E-state index >= 15 is 0 Å². The van der Waals surface area contributed by atoms with E-state index in [1.165, 1.54) is 14.2 Å². The fourth-order valence-corrected chi connectivity index (χ4v) is 1.56. The summed E-state index contributed by atoms with van der Waals surface area (Å²) in [5.74, 6) is 4.13. The number of esters is 2. The lowest BCUT2D eigenvalue weighted by molar-refractivity contribution is -0.168. The first kappa shape index (κ1) is 17.0. The quantitative estimate of drug-likeness (QED) is 0.319. The van der Waals surface area contributed by atoms with Crippen molar-refractivity contribution in [3.8, 4) is 11.8 Å². The van der Waals surface area contributed by atoms with Crippen molar-refractivity contribution < 1.29 is 19.1 Å². The number of allylic oxidation sites excluding steroid dienone is 3. The van der Waals surface area contributed by atoms with Gasteiger partial charge in [-0.25, -0.2) is 0 Å². The molecule has 0 saturated carbocycles. The molecule has 19 heavy (non-hydrogen) atoms. The fraction of sp³-hybridized carbons (Fsp3) is 0.467. The predicted molar refractivity (Wildman–Crippen MR) is 73.1 cm³/mol. The standard InChI is InChI=1S/C15H20O4/c1-6-7-10-15(13(16)18-4,14(17)19-5)11-8-9-12(2)3/h8-9H,2,10-11H2,1,3-5H3/b9-8+. The smallest absolute Gasteiger partial charge is 0.324 e. The Hall–Kier alpha value is -2.02. The van der Waals surface area contributed by atoms with Crippen LogP contribution in [0.25, 0.3) is 0 Å². The summed E-state index contributed by atoms with van der Waals surface area (Å²) in [7, 11) is 2.48. The summed E-state index contributed by atoms with van der Waals surface area (Å²) in [6.07, 6.45) is 3.66. The van der Waals surface area contributed by atoms with Crippen molar-refractivity contribution in [2.24, 2.45) is 5.41 Å². The number of hydrogen-bond donors (Lipinski definition) is 0. The van der Waals surface area contributed by atoms with Gasteiger partial charge in [0.15, 0.2) is 5.41 Å². The second-order valence-electron chi connectivity index (χ2n) is 4.12. The van der Waals surface area contributed by atoms with Gasteiger partial charge in [0.25, 0.3) is 0 Å². The van der Waals surface area contributed by atoms with Crippen molar-refractivity contribution in [1.29, 1.82) is 0 Å². The highest BCUT2D eigenvalue weighted by atomic mass is 16.5. The number of ether oxygens (including phenoxy) is 2. The van der Waals surface area contributed by atoms with Gasteiger partial charge in [-0.05, 0) is 20.3 Å². The van der Waals surface area contributed by atoms with Crippen molar-refractivity contribution in [1.82, 2.24) is 0 Å². The van der Waals surface area contributed by atoms with E-state index in [-0.39, 0.29) is 12.8 Å². The molecule has 0 saturated heterocycles. The monoisotopic (exact) mass is 264 g/mol. The van der Waals surface area contributed by atoms with Crippen molar-refractivity contribution in [2.75, 3.05) is 14.2 Å². The van der Waals surface area contributed by atoms with Crippen LogP contribution in [0.4, 0.5) is 0 Å². The Morgan fingerprint density at radius 3 is 2.16 bits per heavy atom. The van der Waals surface area contributed by atoms with Crippen molar-refractivity contribution >= 4 is 11.9 Å². The molecule has 4 nitrogen and oxygen atoms in total. The van der Waals surface area contributed by atoms with Crippen molar-refractivity contribution in [3.63, 3.8) is 0 Å². The molecule has 0 spiro atoms. The maximum Gasteiger partial charge on any atom is 0.324 e. The van der Waals surface area contributed by atoms with E-state index in [0.29, 0.717) is 0 Å². The highest BCUT2D eigenvalue weighted by Crippen LogP contribution is 2.30. The number of rotatable bonds is 6. The summed E-state index contributed by atoms with van der Waals surface area (Å²) in [5.41, 5.74) is -0.594. The molecule has 4 heteroatoms. The predicted octanol–water partition coefficient (Wildman–Crippen LogP) is 2.25. The number of methoxy groups -OCH3 is 2. The molecule has 0 rings (SSSR count). The first-order valence-corrected chi connectivity index (χ1v) is 5.83. The average Bonchev–Trinajstić information content (AvgIpc) is 2.40. The van der Waals surface area contributed by atoms with Crippen molar-refractivity contribution in [3.05, 3.63) is 24.3 Å². The molecular formula is C15H20O4. The first-order chi connectivity index (χ1) is 8.94. The second kappa shape index (κ2) is 8.15. The molecule has 0 aliphatic carbocycles. The second-order valence-corrected chi connectivity index (χ2v) is 4.12. The molecule has 0 N–H and O–H groups in total. The molecule has 0 aliphatic heterocycles. The van der Waals surface area contributed by atoms with Gasteiger partial charge in [-0.15, -0.1) is 11.8 Å². The van der Waals surface area contributed by atoms with E-state index in [2.05, 4.69) is 18.4 Å². The molecule has 0 amide bonds. The molecule has 0 aromatic carbocycles. The third-order valence-electron chi connectivity index (χ3n) is 2.59. The van der Waals surface area contributed by atoms with Gasteiger partial charge in [-0.2, -0.15) is 0 Å². The highest BCUT2D eigenvalue weighted by molar-refractivity contribution is 6.00. The van der Waals surface area contributed by atoms with Gasteiger partial charge in [0.1, 0.15) is 0 Å². The van der Waals surface area contributed by atoms with E-state index in [1.54, 1.807) is 19.1 Å². The Labute approximate surface area is 114 Å². The molecule has 0 bridgehead atoms. The van der Waals surface area contributed by atoms with Crippen LogP contribution in [-0.4, -0.2) is 26.2 Å². The van der Waals surface area contributed by atoms with Gasteiger partial charge < -0.3 is 9.47 Å². The van der Waals surface area contributed by atoms with E-state index in [0.717, 1.165) is 5.57 Å². The lowest BCUT2D eigenvalue weighted by Crippen LogP contribution is -2.40. The van der Waals surface area contributed by atoms with Gasteiger partial charge in [0, 0.05) is 6.42 Å². The molecule has 0 aromatic rings. The molecule has 0 atom stereocenters. The zero-order valence-corrected chi connectivity index (χ0v) is 11.9. The molecule has 104 valence electrons. The Kier molecular flexibility index (Phi) is 7.28. The lowest BCUT2D eigenvalue weighted by atomic mass is 9.81. The lowest BCUT2D eigenvalue weighted by Gasteiger charge is -2.24. The van der Waals surface area contributed by atoms with Gasteiger partial charge in [-0.3, -0.25) is 9.59 Å². The van der Waals surface area contributed by atoms with Gasteiger partial charge in [0.2, 0.25) is 0 Å². The zero-order valence-electron chi connectivity index (χ0n) is 11.9. The van der Waals surface area contributed by atoms with Crippen LogP contribution >= 0.6 is 0 Å². The summed E-state index contributed by atoms with van der Waals surface area (Å²) in [6, 6.07) is 0. The number of carbonyl (C=O) groups is 2. The maximum atomic E-state index is 12.0. The van der Waals surface area contributed by atoms with Crippen molar-refractivity contribution in [2.45, 2.75) is 26.7 Å². The minimum Gasteiger partial charge on any atom is -0.468 e. The van der Waals surface area contributed by atoms with Crippen LogP contribution in [-0.2, 0) is 19.1 Å². The molecule has 0 aromatic heterocycles. The fourth-order valence-electron chi connectivity index (χ4n) is 1.56. The summed E-state index contributed by atoms with van der Waals surface area (Å²) in [4.78, 5) is 23.9. The third kappa shape index (κ3) is 4.63. The summed E-state index contributed by atoms with van der Waals surface area (Å²) < 4.78 is 9.46. The van der Waals surface area contributed by atoms with Crippen LogP contribution in [0.3, 0.4) is 0 Å². The Balaban J connectivity index is 5.45. The average molecular weight is 264 g/mol. The first-order valence-electron chi connectivity index (χ1n) is 5.83. The third-order valence-corrected chi connectivity index (χ3v) is 2.59. The van der Waals surface area contributed by atoms with Gasteiger partial charge in [0.05, 0.1) is 14.2 Å². The molecular weight excluding hydrogens is 244 g/mol. The molecule has 0 radical (unpaired) electrons. The van der Waals surface area contributed by atoms with Gasteiger partial charge >= 0.3 is 11.9 Å². The van der Waals surface area contributed by atoms with Crippen LogP contribution < -0.4 is 0 Å². The van der Waals surface area contributed by atoms with Crippen LogP contribution in [0, 0.1) is 17.3 Å². The van der Waals surface area contributed by atoms with E-state index in [9.17, 15) is 9.59 Å². The van der Waals surface area contributed by atoms with Crippen LogP contribution in [0.15, 0.2) is 24.3 Å². The van der Waals surface area contributed by atoms with Crippen LogP contribution in [0.2, 0.25) is 0 Å². The molecule has 0 heterocycles. The Morgan fingerprint density at radius 1 is 1.26 bits per heavy atom. The van der Waals surface area contributed by atoms with E-state index < -0.39 is 17.4 Å². The Bertz CT molecular complexity index is 419. The normalized spacial score (nSPS) is 10.5. The summed E-state index contributed by atoms with van der Waals surface area (Å²) in [6.45, 7) is 7.18. The molecule has 0 unspecified atom stereocenters. The van der Waals surface area contributed by atoms with Crippen LogP contribution in [0.5, 0.6) is 0 Å². The van der Waals surface area contributed by atoms with Gasteiger partial charge in [-0.1, -0.05) is 24.3 Å². The Morgan fingerprint density at radius 2 is 1.79 bits per heavy atom. The maximum absolute atomic E-state index is 12.0. The zero-order chi connectivity index (χ0) is 14.9. The SMILES string of the molecule is C=C(C)/C=C/CC(CC#CC)(C(=O)OC)C(=O)OC. The molecule has 0 aliphatic rings. The topological polar surface area (TPSA) is 52.6 Å². The van der Waals surface area contributed by atoms with E-state index in [1.807, 2.05) is 6.92 Å². The minimum atomic E-state index is -1.42. The summed E-state index contributed by atoms with van der Waals surface area (Å²) in [5, 5.41) is 0. The molecule has 0 fully saturated rings. The largest absolute Gasteiger partial charge is 0.468 e. The van der Waals surface area contributed by atoms with Crippen LogP contribution in [0.1, 0.15) is 26.7 Å². The summed E-state index contributed by atoms with van der Waals surface area (Å²) >= 11 is 0. The number of hydrogen-bond acceptors (Lipinski definition) is 4. The minimum absolute atomic E-state index is 0.0589.